The van der Waals surface area contributed by atoms with Crippen LogP contribution in [0.3, 0.4) is 0 Å². The van der Waals surface area contributed by atoms with Crippen molar-refractivity contribution in [2.75, 3.05) is 13.2 Å². The molecule has 23 heavy (non-hydrogen) atoms. The van der Waals surface area contributed by atoms with Crippen LogP contribution in [0.5, 0.6) is 0 Å². The zero-order valence-electron chi connectivity index (χ0n) is 13.7. The second kappa shape index (κ2) is 10.4. The molecule has 1 rings (SSSR count). The van der Waals surface area contributed by atoms with Crippen LogP contribution in [-0.4, -0.2) is 47.3 Å². The average molecular weight is 329 g/mol. The van der Waals surface area contributed by atoms with Crippen LogP contribution in [-0.2, 0) is 14.3 Å². The van der Waals surface area contributed by atoms with Gasteiger partial charge in [-0.3, -0.25) is 4.79 Å². The second-order valence-electron chi connectivity index (χ2n) is 5.89. The topological polar surface area (TPSA) is 125 Å². The highest BCUT2D eigenvalue weighted by atomic mass is 16.6. The Hall–Kier alpha value is -1.34. The van der Waals surface area contributed by atoms with Crippen LogP contribution in [0.1, 0.15) is 58.3 Å². The van der Waals surface area contributed by atoms with Crippen molar-refractivity contribution in [2.24, 2.45) is 5.11 Å². The van der Waals surface area contributed by atoms with Gasteiger partial charge in [-0.1, -0.05) is 50.6 Å². The lowest BCUT2D eigenvalue weighted by molar-refractivity contribution is -0.158. The molecule has 1 saturated heterocycles. The molecule has 0 aromatic heterocycles. The molecule has 0 amide bonds. The molecule has 1 fully saturated rings. The first kappa shape index (κ1) is 19.7. The fraction of sp³-hybridized carbons (Fsp3) is 0.933. The monoisotopic (exact) mass is 329 g/mol. The van der Waals surface area contributed by atoms with Crippen molar-refractivity contribution in [3.05, 3.63) is 10.4 Å². The number of hydrogen-bond donors (Lipinski definition) is 2. The second-order valence-corrected chi connectivity index (χ2v) is 5.89. The van der Waals surface area contributed by atoms with E-state index in [1.807, 2.05) is 0 Å². The summed E-state index contributed by atoms with van der Waals surface area (Å²) in [5, 5.41) is 22.7. The van der Waals surface area contributed by atoms with Gasteiger partial charge in [-0.25, -0.2) is 0 Å². The van der Waals surface area contributed by atoms with Crippen LogP contribution >= 0.6 is 0 Å². The molecule has 3 atom stereocenters. The SMILES string of the molecule is CCCCCCCCCC(=O)OC[C@@]1(N=[N+]=[N-])OC[C@@H](O)[C@@H]1O. The zero-order valence-corrected chi connectivity index (χ0v) is 13.7. The third-order valence-electron chi connectivity index (χ3n) is 3.97. The van der Waals surface area contributed by atoms with Gasteiger partial charge in [0.25, 0.3) is 0 Å². The standard InChI is InChI=1S/C15H27N3O5/c1-2-3-4-5-6-7-8-9-13(20)22-11-15(17-18-16)14(21)12(19)10-23-15/h12,14,19,21H,2-11H2,1H3/t12-,14+,15-/m1/s1. The Labute approximate surface area is 136 Å². The van der Waals surface area contributed by atoms with Crippen molar-refractivity contribution in [1.29, 1.82) is 0 Å². The molecular weight excluding hydrogens is 302 g/mol. The summed E-state index contributed by atoms with van der Waals surface area (Å²) in [6.45, 7) is 1.60. The van der Waals surface area contributed by atoms with Crippen molar-refractivity contribution >= 4 is 5.97 Å². The summed E-state index contributed by atoms with van der Waals surface area (Å²) in [4.78, 5) is 14.3. The first-order chi connectivity index (χ1) is 11.1. The van der Waals surface area contributed by atoms with E-state index in [-0.39, 0.29) is 13.0 Å². The van der Waals surface area contributed by atoms with Gasteiger partial charge in [0, 0.05) is 11.3 Å². The van der Waals surface area contributed by atoms with E-state index >= 15 is 0 Å². The van der Waals surface area contributed by atoms with Crippen LogP contribution in [0.4, 0.5) is 0 Å². The normalized spacial score (nSPS) is 26.7. The fourth-order valence-electron chi connectivity index (χ4n) is 2.51. The Bertz CT molecular complexity index is 414. The molecule has 0 bridgehead atoms. The van der Waals surface area contributed by atoms with Gasteiger partial charge in [-0.15, -0.1) is 0 Å². The lowest BCUT2D eigenvalue weighted by atomic mass is 10.1. The maximum absolute atomic E-state index is 11.7. The largest absolute Gasteiger partial charge is 0.462 e. The van der Waals surface area contributed by atoms with E-state index in [4.69, 9.17) is 15.0 Å². The highest BCUT2D eigenvalue weighted by Gasteiger charge is 2.49. The lowest BCUT2D eigenvalue weighted by Crippen LogP contribution is -2.45. The maximum Gasteiger partial charge on any atom is 0.305 e. The minimum atomic E-state index is -1.73. The first-order valence-corrected chi connectivity index (χ1v) is 8.27. The van der Waals surface area contributed by atoms with Gasteiger partial charge in [0.1, 0.15) is 18.8 Å². The number of nitrogens with zero attached hydrogens (tertiary/aromatic N) is 3. The van der Waals surface area contributed by atoms with E-state index in [0.717, 1.165) is 19.3 Å². The molecule has 0 radical (unpaired) electrons. The molecular formula is C15H27N3O5. The zero-order chi connectivity index (χ0) is 17.1. The molecule has 132 valence electrons. The minimum Gasteiger partial charge on any atom is -0.462 e. The number of hydrogen-bond acceptors (Lipinski definition) is 6. The van der Waals surface area contributed by atoms with Crippen LogP contribution in [0.15, 0.2) is 5.11 Å². The number of carbonyl (C=O) groups excluding carboxylic acids is 1. The van der Waals surface area contributed by atoms with Crippen molar-refractivity contribution in [2.45, 2.75) is 76.2 Å². The van der Waals surface area contributed by atoms with Gasteiger partial charge < -0.3 is 19.7 Å². The number of esters is 1. The highest BCUT2D eigenvalue weighted by Crippen LogP contribution is 2.29. The summed E-state index contributed by atoms with van der Waals surface area (Å²) >= 11 is 0. The number of unbranched alkanes of at least 4 members (excludes halogenated alkanes) is 6. The van der Waals surface area contributed by atoms with E-state index < -0.39 is 30.5 Å². The summed E-state index contributed by atoms with van der Waals surface area (Å²) in [5.41, 5.74) is 6.84. The van der Waals surface area contributed by atoms with Crippen molar-refractivity contribution in [1.82, 2.24) is 0 Å². The molecule has 1 aliphatic rings. The van der Waals surface area contributed by atoms with Gasteiger partial charge in [-0.2, -0.15) is 0 Å². The molecule has 1 heterocycles. The molecule has 0 saturated carbocycles. The molecule has 0 aromatic rings. The summed E-state index contributed by atoms with van der Waals surface area (Å²) in [6.07, 6.45) is 5.38. The van der Waals surface area contributed by atoms with Gasteiger partial charge in [0.05, 0.1) is 6.61 Å². The van der Waals surface area contributed by atoms with E-state index in [9.17, 15) is 15.0 Å². The quantitative estimate of drug-likeness (QED) is 0.198. The smallest absolute Gasteiger partial charge is 0.305 e. The van der Waals surface area contributed by atoms with E-state index in [1.165, 1.54) is 25.7 Å². The van der Waals surface area contributed by atoms with Gasteiger partial charge in [0.2, 0.25) is 5.72 Å². The third kappa shape index (κ3) is 6.35. The number of aliphatic hydroxyl groups is 2. The average Bonchev–Trinajstić information content (AvgIpc) is 2.81. The Kier molecular flexibility index (Phi) is 8.94. The Morgan fingerprint density at radius 1 is 1.30 bits per heavy atom. The van der Waals surface area contributed by atoms with E-state index in [2.05, 4.69) is 16.9 Å². The number of rotatable bonds is 11. The first-order valence-electron chi connectivity index (χ1n) is 8.27. The molecule has 0 aromatic carbocycles. The van der Waals surface area contributed by atoms with Gasteiger partial charge in [0.15, 0.2) is 0 Å². The van der Waals surface area contributed by atoms with Crippen molar-refractivity contribution in [3.8, 4) is 0 Å². The van der Waals surface area contributed by atoms with Gasteiger partial charge >= 0.3 is 5.97 Å². The molecule has 2 N–H and O–H groups in total. The van der Waals surface area contributed by atoms with E-state index in [1.54, 1.807) is 0 Å². The summed E-state index contributed by atoms with van der Waals surface area (Å²) in [5.74, 6) is -0.428. The minimum absolute atomic E-state index is 0.171. The molecule has 0 aliphatic carbocycles. The lowest BCUT2D eigenvalue weighted by Gasteiger charge is -2.25. The molecule has 8 heteroatoms. The number of ether oxygens (including phenoxy) is 2. The van der Waals surface area contributed by atoms with Gasteiger partial charge in [-0.05, 0) is 12.0 Å². The Morgan fingerprint density at radius 3 is 2.52 bits per heavy atom. The third-order valence-corrected chi connectivity index (χ3v) is 3.97. The van der Waals surface area contributed by atoms with Crippen molar-refractivity contribution in [3.63, 3.8) is 0 Å². The molecule has 0 unspecified atom stereocenters. The summed E-state index contributed by atoms with van der Waals surface area (Å²) in [7, 11) is 0. The summed E-state index contributed by atoms with van der Waals surface area (Å²) < 4.78 is 10.2. The maximum atomic E-state index is 11.7. The molecule has 8 nitrogen and oxygen atoms in total. The number of azide groups is 1. The van der Waals surface area contributed by atoms with Crippen LogP contribution in [0.25, 0.3) is 10.4 Å². The number of aliphatic hydroxyl groups excluding tert-OH is 2. The van der Waals surface area contributed by atoms with Crippen LogP contribution in [0, 0.1) is 0 Å². The van der Waals surface area contributed by atoms with Crippen molar-refractivity contribution < 1.29 is 24.5 Å². The Morgan fingerprint density at radius 2 is 1.96 bits per heavy atom. The van der Waals surface area contributed by atoms with Crippen LogP contribution in [0.2, 0.25) is 0 Å². The summed E-state index contributed by atoms with van der Waals surface area (Å²) in [6, 6.07) is 0. The highest BCUT2D eigenvalue weighted by molar-refractivity contribution is 5.69. The predicted octanol–water partition coefficient (Wildman–Crippen LogP) is 2.43. The predicted molar refractivity (Wildman–Crippen MR) is 83.4 cm³/mol. The molecule has 1 aliphatic heterocycles. The number of carbonyl (C=O) groups is 1. The van der Waals surface area contributed by atoms with E-state index in [0.29, 0.717) is 0 Å². The Balaban J connectivity index is 2.25. The van der Waals surface area contributed by atoms with Crippen LogP contribution < -0.4 is 0 Å². The fourth-order valence-corrected chi connectivity index (χ4v) is 2.51. The molecule has 0 spiro atoms.